The SMILES string of the molecule is O=C1CCSC[C@@H](C(=O)Nc2cccc3cccnc23)N1. The van der Waals surface area contributed by atoms with Gasteiger partial charge in [0, 0.05) is 29.5 Å². The molecule has 1 fully saturated rings. The maximum absolute atomic E-state index is 12.3. The Bertz CT molecular complexity index is 684. The molecule has 1 atom stereocenters. The maximum atomic E-state index is 12.3. The molecule has 0 saturated carbocycles. The third-order valence-electron chi connectivity index (χ3n) is 3.30. The van der Waals surface area contributed by atoms with Crippen LogP contribution >= 0.6 is 11.8 Å². The minimum Gasteiger partial charge on any atom is -0.343 e. The summed E-state index contributed by atoms with van der Waals surface area (Å²) >= 11 is 1.61. The molecule has 5 nitrogen and oxygen atoms in total. The Balaban J connectivity index is 1.81. The third-order valence-corrected chi connectivity index (χ3v) is 4.36. The van der Waals surface area contributed by atoms with E-state index in [1.165, 1.54) is 0 Å². The first-order valence-electron chi connectivity index (χ1n) is 6.76. The molecule has 2 heterocycles. The topological polar surface area (TPSA) is 71.1 Å². The Morgan fingerprint density at radius 2 is 2.19 bits per heavy atom. The molecule has 2 aromatic rings. The summed E-state index contributed by atoms with van der Waals surface area (Å²) in [6.07, 6.45) is 2.16. The number of carbonyl (C=O) groups is 2. The summed E-state index contributed by atoms with van der Waals surface area (Å²) in [4.78, 5) is 28.2. The van der Waals surface area contributed by atoms with Crippen LogP contribution in [0.25, 0.3) is 10.9 Å². The quantitative estimate of drug-likeness (QED) is 0.887. The van der Waals surface area contributed by atoms with Gasteiger partial charge in [-0.2, -0.15) is 11.8 Å². The summed E-state index contributed by atoms with van der Waals surface area (Å²) in [5.41, 5.74) is 1.42. The Morgan fingerprint density at radius 1 is 1.33 bits per heavy atom. The molecular formula is C15H15N3O2S. The van der Waals surface area contributed by atoms with Gasteiger partial charge in [-0.1, -0.05) is 18.2 Å². The molecule has 21 heavy (non-hydrogen) atoms. The van der Waals surface area contributed by atoms with Gasteiger partial charge in [-0.25, -0.2) is 0 Å². The van der Waals surface area contributed by atoms with Crippen LogP contribution in [0.4, 0.5) is 5.69 Å². The molecule has 3 rings (SSSR count). The highest BCUT2D eigenvalue weighted by Crippen LogP contribution is 2.21. The van der Waals surface area contributed by atoms with Crippen LogP contribution in [-0.2, 0) is 9.59 Å². The van der Waals surface area contributed by atoms with E-state index in [4.69, 9.17) is 0 Å². The predicted octanol–water partition coefficient (Wildman–Crippen LogP) is 1.79. The number of pyridine rings is 1. The van der Waals surface area contributed by atoms with Crippen molar-refractivity contribution in [2.45, 2.75) is 12.5 Å². The zero-order chi connectivity index (χ0) is 14.7. The summed E-state index contributed by atoms with van der Waals surface area (Å²) in [7, 11) is 0. The van der Waals surface area contributed by atoms with Crippen LogP contribution in [0.2, 0.25) is 0 Å². The van der Waals surface area contributed by atoms with Crippen LogP contribution in [0.5, 0.6) is 0 Å². The highest BCUT2D eigenvalue weighted by atomic mass is 32.2. The van der Waals surface area contributed by atoms with Gasteiger partial charge in [0.05, 0.1) is 11.2 Å². The number of carbonyl (C=O) groups excluding carboxylic acids is 2. The number of hydrogen-bond acceptors (Lipinski definition) is 4. The molecule has 2 amide bonds. The summed E-state index contributed by atoms with van der Waals surface area (Å²) in [6, 6.07) is 8.95. The molecule has 1 aliphatic heterocycles. The van der Waals surface area contributed by atoms with Crippen molar-refractivity contribution in [1.29, 1.82) is 0 Å². The lowest BCUT2D eigenvalue weighted by Gasteiger charge is -2.16. The average Bonchev–Trinajstić information content (AvgIpc) is 2.72. The van der Waals surface area contributed by atoms with E-state index in [9.17, 15) is 9.59 Å². The number of aromatic nitrogens is 1. The molecule has 0 aliphatic carbocycles. The number of fused-ring (bicyclic) bond motifs is 1. The smallest absolute Gasteiger partial charge is 0.247 e. The Hall–Kier alpha value is -2.08. The van der Waals surface area contributed by atoms with Crippen LogP contribution in [0.3, 0.4) is 0 Å². The van der Waals surface area contributed by atoms with Gasteiger partial charge in [0.25, 0.3) is 0 Å². The number of nitrogens with one attached hydrogen (secondary N) is 2. The molecule has 2 N–H and O–H groups in total. The van der Waals surface area contributed by atoms with Gasteiger partial charge >= 0.3 is 0 Å². The van der Waals surface area contributed by atoms with Crippen molar-refractivity contribution in [3.05, 3.63) is 36.5 Å². The molecule has 0 spiro atoms. The van der Waals surface area contributed by atoms with Crippen molar-refractivity contribution < 1.29 is 9.59 Å². The van der Waals surface area contributed by atoms with Crippen molar-refractivity contribution in [3.8, 4) is 0 Å². The number of hydrogen-bond donors (Lipinski definition) is 2. The van der Waals surface area contributed by atoms with Gasteiger partial charge in [0.15, 0.2) is 0 Å². The van der Waals surface area contributed by atoms with Gasteiger partial charge in [-0.15, -0.1) is 0 Å². The molecule has 0 unspecified atom stereocenters. The fourth-order valence-corrected chi connectivity index (χ4v) is 3.21. The molecule has 1 saturated heterocycles. The second kappa shape index (κ2) is 6.13. The third kappa shape index (κ3) is 3.16. The molecule has 6 heteroatoms. The molecule has 0 bridgehead atoms. The normalized spacial score (nSPS) is 18.9. The zero-order valence-electron chi connectivity index (χ0n) is 11.3. The van der Waals surface area contributed by atoms with Crippen LogP contribution in [0, 0.1) is 0 Å². The largest absolute Gasteiger partial charge is 0.343 e. The predicted molar refractivity (Wildman–Crippen MR) is 84.2 cm³/mol. The first kappa shape index (κ1) is 13.9. The van der Waals surface area contributed by atoms with Gasteiger partial charge < -0.3 is 10.6 Å². The van der Waals surface area contributed by atoms with Gasteiger partial charge in [0.1, 0.15) is 6.04 Å². The Kier molecular flexibility index (Phi) is 4.06. The first-order valence-corrected chi connectivity index (χ1v) is 7.91. The lowest BCUT2D eigenvalue weighted by Crippen LogP contribution is -2.44. The molecule has 1 aromatic carbocycles. The molecule has 1 aromatic heterocycles. The zero-order valence-corrected chi connectivity index (χ0v) is 12.2. The number of benzene rings is 1. The second-order valence-corrected chi connectivity index (χ2v) is 5.96. The van der Waals surface area contributed by atoms with Gasteiger partial charge in [0.2, 0.25) is 11.8 Å². The van der Waals surface area contributed by atoms with E-state index in [1.807, 2.05) is 30.3 Å². The van der Waals surface area contributed by atoms with E-state index >= 15 is 0 Å². The van der Waals surface area contributed by atoms with Crippen molar-refractivity contribution >= 4 is 40.2 Å². The summed E-state index contributed by atoms with van der Waals surface area (Å²) in [6.45, 7) is 0. The summed E-state index contributed by atoms with van der Waals surface area (Å²) in [5.74, 6) is 1.08. The Labute approximate surface area is 126 Å². The van der Waals surface area contributed by atoms with Crippen LogP contribution in [0.15, 0.2) is 36.5 Å². The van der Waals surface area contributed by atoms with E-state index < -0.39 is 6.04 Å². The number of rotatable bonds is 2. The van der Waals surface area contributed by atoms with Crippen molar-refractivity contribution in [2.75, 3.05) is 16.8 Å². The number of nitrogens with zero attached hydrogens (tertiary/aromatic N) is 1. The van der Waals surface area contributed by atoms with Crippen LogP contribution < -0.4 is 10.6 Å². The van der Waals surface area contributed by atoms with Crippen LogP contribution in [0.1, 0.15) is 6.42 Å². The molecular weight excluding hydrogens is 286 g/mol. The van der Waals surface area contributed by atoms with E-state index in [2.05, 4.69) is 15.6 Å². The highest BCUT2D eigenvalue weighted by molar-refractivity contribution is 7.99. The average molecular weight is 301 g/mol. The summed E-state index contributed by atoms with van der Waals surface area (Å²) in [5, 5.41) is 6.60. The summed E-state index contributed by atoms with van der Waals surface area (Å²) < 4.78 is 0. The van der Waals surface area contributed by atoms with E-state index in [1.54, 1.807) is 18.0 Å². The highest BCUT2D eigenvalue weighted by Gasteiger charge is 2.23. The van der Waals surface area contributed by atoms with Crippen molar-refractivity contribution in [2.24, 2.45) is 0 Å². The fourth-order valence-electron chi connectivity index (χ4n) is 2.24. The van der Waals surface area contributed by atoms with E-state index in [-0.39, 0.29) is 11.8 Å². The standard InChI is InChI=1S/C15H15N3O2S/c19-13-6-8-21-9-12(17-13)15(20)18-11-5-1-3-10-4-2-7-16-14(10)11/h1-5,7,12H,6,8-9H2,(H,17,19)(H,18,20)/t12-/m0/s1. The van der Waals surface area contributed by atoms with E-state index in [0.29, 0.717) is 17.9 Å². The Morgan fingerprint density at radius 3 is 3.10 bits per heavy atom. The van der Waals surface area contributed by atoms with Crippen molar-refractivity contribution in [1.82, 2.24) is 10.3 Å². The molecule has 108 valence electrons. The van der Waals surface area contributed by atoms with Gasteiger partial charge in [-0.3, -0.25) is 14.6 Å². The molecule has 0 radical (unpaired) electrons. The van der Waals surface area contributed by atoms with Crippen molar-refractivity contribution in [3.63, 3.8) is 0 Å². The monoisotopic (exact) mass is 301 g/mol. The second-order valence-electron chi connectivity index (χ2n) is 4.81. The molecule has 1 aliphatic rings. The number of para-hydroxylation sites is 1. The number of amides is 2. The number of thioether (sulfide) groups is 1. The first-order chi connectivity index (χ1) is 10.2. The lowest BCUT2D eigenvalue weighted by atomic mass is 10.2. The maximum Gasteiger partial charge on any atom is 0.247 e. The van der Waals surface area contributed by atoms with E-state index in [0.717, 1.165) is 16.7 Å². The fraction of sp³-hybridized carbons (Fsp3) is 0.267. The van der Waals surface area contributed by atoms with Crippen LogP contribution in [-0.4, -0.2) is 34.3 Å². The lowest BCUT2D eigenvalue weighted by molar-refractivity contribution is -0.125. The number of anilines is 1. The minimum atomic E-state index is -0.496. The minimum absolute atomic E-state index is 0.0730. The van der Waals surface area contributed by atoms with Gasteiger partial charge in [-0.05, 0) is 12.1 Å².